The largest absolute Gasteiger partial charge is 0.299 e. The first-order chi connectivity index (χ1) is 8.04. The number of benzene rings is 2. The quantitative estimate of drug-likeness (QED) is 0.903. The molecule has 2 N–H and O–H groups in total. The molecule has 0 aliphatic carbocycles. The number of anilines is 1. The Morgan fingerprint density at radius 1 is 1.12 bits per heavy atom. The summed E-state index contributed by atoms with van der Waals surface area (Å²) < 4.78 is 24.2. The molecule has 0 saturated heterocycles. The van der Waals surface area contributed by atoms with Crippen LogP contribution in [0, 0.1) is 0 Å². The van der Waals surface area contributed by atoms with Crippen molar-refractivity contribution < 1.29 is 8.42 Å². The van der Waals surface area contributed by atoms with E-state index in [2.05, 4.69) is 0 Å². The van der Waals surface area contributed by atoms with Crippen molar-refractivity contribution in [3.63, 3.8) is 0 Å². The van der Waals surface area contributed by atoms with Gasteiger partial charge in [-0.05, 0) is 18.4 Å². The molecule has 2 rings (SSSR count). The van der Waals surface area contributed by atoms with E-state index in [-0.39, 0.29) is 0 Å². The first kappa shape index (κ1) is 11.9. The van der Waals surface area contributed by atoms with E-state index in [9.17, 15) is 8.42 Å². The topological polar surface area (TPSA) is 63.4 Å². The molecule has 17 heavy (non-hydrogen) atoms. The maximum atomic E-state index is 11.5. The fourth-order valence-electron chi connectivity index (χ4n) is 1.91. The van der Waals surface area contributed by atoms with E-state index in [0.29, 0.717) is 12.2 Å². The highest BCUT2D eigenvalue weighted by molar-refractivity contribution is 7.90. The van der Waals surface area contributed by atoms with Crippen LogP contribution >= 0.6 is 0 Å². The van der Waals surface area contributed by atoms with Crippen LogP contribution in [-0.4, -0.2) is 15.0 Å². The normalized spacial score (nSPS) is 11.6. The average Bonchev–Trinajstić information content (AvgIpc) is 2.28. The minimum Gasteiger partial charge on any atom is -0.258 e. The molecule has 2 aromatic rings. The van der Waals surface area contributed by atoms with Crippen LogP contribution < -0.4 is 9.44 Å². The van der Waals surface area contributed by atoms with Crippen LogP contribution in [-0.2, 0) is 10.2 Å². The fourth-order valence-corrected chi connectivity index (χ4v) is 2.71. The van der Waals surface area contributed by atoms with Crippen LogP contribution in [0.25, 0.3) is 10.8 Å². The molecule has 0 amide bonds. The van der Waals surface area contributed by atoms with Gasteiger partial charge in [-0.2, -0.15) is 8.42 Å². The number of rotatable bonds is 3. The Morgan fingerprint density at radius 3 is 2.41 bits per heavy atom. The molecule has 90 valence electrons. The van der Waals surface area contributed by atoms with Gasteiger partial charge in [-0.15, -0.1) is 0 Å². The zero-order chi connectivity index (χ0) is 12.5. The van der Waals surface area contributed by atoms with Gasteiger partial charge in [0.25, 0.3) is 10.2 Å². The van der Waals surface area contributed by atoms with Gasteiger partial charge in [0.1, 0.15) is 0 Å². The van der Waals surface area contributed by atoms with Crippen LogP contribution in [0.5, 0.6) is 0 Å². The van der Waals surface area contributed by atoms with Gasteiger partial charge in [0.05, 0.1) is 5.69 Å². The van der Waals surface area contributed by atoms with E-state index in [4.69, 9.17) is 5.14 Å². The third-order valence-electron chi connectivity index (χ3n) is 2.63. The van der Waals surface area contributed by atoms with Gasteiger partial charge < -0.3 is 0 Å². The summed E-state index contributed by atoms with van der Waals surface area (Å²) in [6.07, 6.45) is 0. The van der Waals surface area contributed by atoms with Crippen LogP contribution in [0.1, 0.15) is 6.92 Å². The van der Waals surface area contributed by atoms with Crippen molar-refractivity contribution in [3.8, 4) is 0 Å². The Hall–Kier alpha value is -1.59. The van der Waals surface area contributed by atoms with Crippen LogP contribution in [0.2, 0.25) is 0 Å². The van der Waals surface area contributed by atoms with E-state index < -0.39 is 10.2 Å². The molecule has 0 fully saturated rings. The predicted octanol–water partition coefficient (Wildman–Crippen LogP) is 1.87. The lowest BCUT2D eigenvalue weighted by Crippen LogP contribution is -2.36. The third kappa shape index (κ3) is 2.25. The third-order valence-corrected chi connectivity index (χ3v) is 3.70. The summed E-state index contributed by atoms with van der Waals surface area (Å²) in [5.74, 6) is 0. The van der Waals surface area contributed by atoms with Gasteiger partial charge in [-0.3, -0.25) is 4.31 Å². The Morgan fingerprint density at radius 2 is 1.76 bits per heavy atom. The molecule has 0 unspecified atom stereocenters. The van der Waals surface area contributed by atoms with Gasteiger partial charge >= 0.3 is 0 Å². The van der Waals surface area contributed by atoms with Crippen molar-refractivity contribution in [1.29, 1.82) is 0 Å². The lowest BCUT2D eigenvalue weighted by Gasteiger charge is -2.21. The van der Waals surface area contributed by atoms with Crippen molar-refractivity contribution >= 4 is 26.7 Å². The first-order valence-electron chi connectivity index (χ1n) is 5.32. The van der Waals surface area contributed by atoms with Crippen molar-refractivity contribution in [3.05, 3.63) is 42.5 Å². The zero-order valence-electron chi connectivity index (χ0n) is 9.50. The summed E-state index contributed by atoms with van der Waals surface area (Å²) >= 11 is 0. The molecule has 5 heteroatoms. The van der Waals surface area contributed by atoms with Gasteiger partial charge in [0.15, 0.2) is 0 Å². The zero-order valence-corrected chi connectivity index (χ0v) is 10.3. The summed E-state index contributed by atoms with van der Waals surface area (Å²) in [6, 6.07) is 13.1. The van der Waals surface area contributed by atoms with Gasteiger partial charge in [0, 0.05) is 11.9 Å². The van der Waals surface area contributed by atoms with Crippen LogP contribution in [0.4, 0.5) is 5.69 Å². The summed E-state index contributed by atoms with van der Waals surface area (Å²) in [5.41, 5.74) is 0.619. The fraction of sp³-hybridized carbons (Fsp3) is 0.167. The molecular formula is C12H14N2O2S. The van der Waals surface area contributed by atoms with E-state index in [1.807, 2.05) is 36.4 Å². The lowest BCUT2D eigenvalue weighted by atomic mass is 10.1. The van der Waals surface area contributed by atoms with Crippen LogP contribution in [0.15, 0.2) is 42.5 Å². The maximum Gasteiger partial charge on any atom is 0.299 e. The molecule has 0 bridgehead atoms. The maximum absolute atomic E-state index is 11.5. The molecule has 0 aliphatic rings. The summed E-state index contributed by atoms with van der Waals surface area (Å²) in [6.45, 7) is 2.07. The van der Waals surface area contributed by atoms with Crippen LogP contribution in [0.3, 0.4) is 0 Å². The average molecular weight is 250 g/mol. The highest BCUT2D eigenvalue weighted by Crippen LogP contribution is 2.27. The Bertz CT molecular complexity index is 633. The number of nitrogens with two attached hydrogens (primary N) is 1. The second-order valence-corrected chi connectivity index (χ2v) is 5.18. The minimum atomic E-state index is -3.73. The van der Waals surface area contributed by atoms with E-state index in [1.54, 1.807) is 13.0 Å². The van der Waals surface area contributed by atoms with Crippen molar-refractivity contribution in [2.75, 3.05) is 10.8 Å². The number of hydrogen-bond donors (Lipinski definition) is 1. The molecule has 0 aliphatic heterocycles. The van der Waals surface area contributed by atoms with E-state index in [0.717, 1.165) is 10.8 Å². The minimum absolute atomic E-state index is 0.312. The Balaban J connectivity index is 2.70. The molecule has 0 heterocycles. The first-order valence-corrected chi connectivity index (χ1v) is 6.82. The molecule has 2 aromatic carbocycles. The smallest absolute Gasteiger partial charge is 0.258 e. The van der Waals surface area contributed by atoms with Gasteiger partial charge in [0.2, 0.25) is 0 Å². The van der Waals surface area contributed by atoms with Gasteiger partial charge in [-0.25, -0.2) is 5.14 Å². The van der Waals surface area contributed by atoms with Crippen molar-refractivity contribution in [2.45, 2.75) is 6.92 Å². The second-order valence-electron chi connectivity index (χ2n) is 3.71. The Labute approximate surface area is 101 Å². The second kappa shape index (κ2) is 4.35. The van der Waals surface area contributed by atoms with Crippen molar-refractivity contribution in [2.24, 2.45) is 5.14 Å². The molecular weight excluding hydrogens is 236 g/mol. The Kier molecular flexibility index (Phi) is 3.04. The molecule has 0 radical (unpaired) electrons. The molecule has 0 atom stereocenters. The van der Waals surface area contributed by atoms with E-state index in [1.165, 1.54) is 4.31 Å². The molecule has 0 aromatic heterocycles. The number of hydrogen-bond acceptors (Lipinski definition) is 2. The van der Waals surface area contributed by atoms with Gasteiger partial charge in [-0.1, -0.05) is 36.4 Å². The lowest BCUT2D eigenvalue weighted by molar-refractivity contribution is 0.593. The standard InChI is InChI=1S/C12H14N2O2S/c1-2-14(17(13,15)16)12-9-5-7-10-6-3-4-8-11(10)12/h3-9H,2H2,1H3,(H2,13,15,16). The predicted molar refractivity (Wildman–Crippen MR) is 70.1 cm³/mol. The molecule has 0 spiro atoms. The SMILES string of the molecule is CCN(c1cccc2ccccc12)S(N)(=O)=O. The van der Waals surface area contributed by atoms with Crippen molar-refractivity contribution in [1.82, 2.24) is 0 Å². The summed E-state index contributed by atoms with van der Waals surface area (Å²) in [5, 5.41) is 7.08. The van der Waals surface area contributed by atoms with E-state index >= 15 is 0 Å². The number of nitrogens with zero attached hydrogens (tertiary/aromatic N) is 1. The summed E-state index contributed by atoms with van der Waals surface area (Å²) in [7, 11) is -3.73. The monoisotopic (exact) mass is 250 g/mol. The number of fused-ring (bicyclic) bond motifs is 1. The highest BCUT2D eigenvalue weighted by Gasteiger charge is 2.17. The highest BCUT2D eigenvalue weighted by atomic mass is 32.2. The summed E-state index contributed by atoms with van der Waals surface area (Å²) in [4.78, 5) is 0. The molecule has 0 saturated carbocycles. The molecule has 4 nitrogen and oxygen atoms in total.